The number of anilines is 1. The molecule has 34 heavy (non-hydrogen) atoms. The molecule has 0 saturated heterocycles. The van der Waals surface area contributed by atoms with Crippen molar-refractivity contribution in [3.05, 3.63) is 92.5 Å². The highest BCUT2D eigenvalue weighted by Gasteiger charge is 2.15. The van der Waals surface area contributed by atoms with Gasteiger partial charge in [-0.2, -0.15) is 5.26 Å². The molecule has 0 bridgehead atoms. The van der Waals surface area contributed by atoms with Crippen LogP contribution in [0.15, 0.2) is 60.2 Å². The van der Waals surface area contributed by atoms with Gasteiger partial charge in [0.25, 0.3) is 5.91 Å². The number of halogens is 2. The number of benzene rings is 3. The first-order valence-electron chi connectivity index (χ1n) is 10.6. The molecule has 0 fully saturated rings. The number of rotatable bonds is 8. The van der Waals surface area contributed by atoms with Gasteiger partial charge in [-0.15, -0.1) is 0 Å². The van der Waals surface area contributed by atoms with Crippen molar-refractivity contribution in [3.63, 3.8) is 0 Å². The van der Waals surface area contributed by atoms with Crippen LogP contribution in [-0.2, 0) is 4.79 Å². The van der Waals surface area contributed by atoms with Gasteiger partial charge in [-0.1, -0.05) is 47.0 Å². The predicted octanol–water partition coefficient (Wildman–Crippen LogP) is 6.92. The average Bonchev–Trinajstić information content (AvgIpc) is 2.77. The van der Waals surface area contributed by atoms with E-state index in [4.69, 9.17) is 32.7 Å². The molecule has 0 saturated carbocycles. The van der Waals surface area contributed by atoms with Crippen LogP contribution in [0.3, 0.4) is 0 Å². The average molecular weight is 495 g/mol. The molecule has 0 aromatic heterocycles. The van der Waals surface area contributed by atoms with E-state index in [1.165, 1.54) is 6.08 Å². The fraction of sp³-hybridized carbons (Fsp3) is 0.185. The Labute approximate surface area is 209 Å². The van der Waals surface area contributed by atoms with Crippen LogP contribution in [0.2, 0.25) is 10.0 Å². The lowest BCUT2D eigenvalue weighted by Crippen LogP contribution is -2.13. The zero-order valence-corrected chi connectivity index (χ0v) is 20.6. The minimum Gasteiger partial charge on any atom is -0.490 e. The summed E-state index contributed by atoms with van der Waals surface area (Å²) < 4.78 is 11.6. The third-order valence-corrected chi connectivity index (χ3v) is 5.30. The Bertz CT molecular complexity index is 1240. The third-order valence-electron chi connectivity index (χ3n) is 4.81. The van der Waals surface area contributed by atoms with Gasteiger partial charge in [0.05, 0.1) is 5.02 Å². The number of carbonyl (C=O) groups excluding carboxylic acids is 1. The van der Waals surface area contributed by atoms with Crippen LogP contribution in [0.4, 0.5) is 5.69 Å². The molecule has 0 aliphatic carbocycles. The molecule has 0 spiro atoms. The van der Waals surface area contributed by atoms with E-state index in [0.717, 1.165) is 22.4 Å². The summed E-state index contributed by atoms with van der Waals surface area (Å²) in [7, 11) is 0. The number of nitrogens with zero attached hydrogens (tertiary/aromatic N) is 1. The molecule has 7 heteroatoms. The molecule has 1 N–H and O–H groups in total. The van der Waals surface area contributed by atoms with E-state index >= 15 is 0 Å². The molecule has 1 amide bonds. The van der Waals surface area contributed by atoms with Gasteiger partial charge in [-0.25, -0.2) is 0 Å². The second kappa shape index (κ2) is 11.6. The molecule has 174 valence electrons. The summed E-state index contributed by atoms with van der Waals surface area (Å²) >= 11 is 12.5. The minimum atomic E-state index is -0.549. The highest BCUT2D eigenvalue weighted by atomic mass is 35.5. The van der Waals surface area contributed by atoms with Crippen LogP contribution in [0, 0.1) is 32.1 Å². The van der Waals surface area contributed by atoms with Gasteiger partial charge in [0.1, 0.15) is 36.4 Å². The fourth-order valence-corrected chi connectivity index (χ4v) is 3.86. The van der Waals surface area contributed by atoms with Crippen molar-refractivity contribution in [2.45, 2.75) is 20.8 Å². The molecule has 3 aromatic carbocycles. The maximum Gasteiger partial charge on any atom is 0.266 e. The van der Waals surface area contributed by atoms with E-state index in [1.54, 1.807) is 24.3 Å². The van der Waals surface area contributed by atoms with Gasteiger partial charge in [-0.05, 0) is 74.4 Å². The van der Waals surface area contributed by atoms with Gasteiger partial charge in [-0.3, -0.25) is 4.79 Å². The number of nitriles is 1. The number of amides is 1. The monoisotopic (exact) mass is 494 g/mol. The first kappa shape index (κ1) is 25.2. The van der Waals surface area contributed by atoms with Crippen LogP contribution in [0.1, 0.15) is 22.3 Å². The SMILES string of the molecule is Cc1ccc(NC(=O)C(C#N)=Cc2cc(Cl)cc(Cl)c2OCCOc2cc(C)cc(C)c2)cc1. The van der Waals surface area contributed by atoms with Gasteiger partial charge in [0.15, 0.2) is 0 Å². The molecule has 0 heterocycles. The van der Waals surface area contributed by atoms with E-state index in [-0.39, 0.29) is 23.8 Å². The first-order valence-corrected chi connectivity index (χ1v) is 11.3. The van der Waals surface area contributed by atoms with Gasteiger partial charge >= 0.3 is 0 Å². The summed E-state index contributed by atoms with van der Waals surface area (Å²) in [4.78, 5) is 12.7. The van der Waals surface area contributed by atoms with Gasteiger partial charge in [0, 0.05) is 16.3 Å². The lowest BCUT2D eigenvalue weighted by molar-refractivity contribution is -0.112. The molecule has 0 unspecified atom stereocenters. The molecule has 5 nitrogen and oxygen atoms in total. The Kier molecular flexibility index (Phi) is 8.59. The minimum absolute atomic E-state index is 0.116. The normalized spacial score (nSPS) is 11.0. The predicted molar refractivity (Wildman–Crippen MR) is 137 cm³/mol. The van der Waals surface area contributed by atoms with Crippen molar-refractivity contribution < 1.29 is 14.3 Å². The van der Waals surface area contributed by atoms with Crippen LogP contribution in [-0.4, -0.2) is 19.1 Å². The topological polar surface area (TPSA) is 71.4 Å². The Balaban J connectivity index is 1.75. The zero-order valence-electron chi connectivity index (χ0n) is 19.1. The van der Waals surface area contributed by atoms with E-state index in [1.807, 2.05) is 51.1 Å². The van der Waals surface area contributed by atoms with Gasteiger partial charge < -0.3 is 14.8 Å². The van der Waals surface area contributed by atoms with Crippen molar-refractivity contribution in [1.82, 2.24) is 0 Å². The molecular weight excluding hydrogens is 471 g/mol. The lowest BCUT2D eigenvalue weighted by atomic mass is 10.1. The summed E-state index contributed by atoms with van der Waals surface area (Å²) in [5.41, 5.74) is 4.16. The molecule has 3 aromatic rings. The fourth-order valence-electron chi connectivity index (χ4n) is 3.30. The van der Waals surface area contributed by atoms with E-state index in [0.29, 0.717) is 22.0 Å². The van der Waals surface area contributed by atoms with Crippen molar-refractivity contribution in [2.24, 2.45) is 0 Å². The standard InChI is InChI=1S/C27H24Cl2N2O3/c1-17-4-6-23(7-5-17)31-27(32)21(16-30)13-20-14-22(28)15-25(29)26(20)34-9-8-33-24-11-18(2)10-19(3)12-24/h4-7,10-15H,8-9H2,1-3H3,(H,31,32). The summed E-state index contributed by atoms with van der Waals surface area (Å²) in [5, 5.41) is 12.9. The number of hydrogen-bond acceptors (Lipinski definition) is 4. The highest BCUT2D eigenvalue weighted by molar-refractivity contribution is 6.36. The van der Waals surface area contributed by atoms with Crippen LogP contribution < -0.4 is 14.8 Å². The first-order chi connectivity index (χ1) is 16.2. The quantitative estimate of drug-likeness (QED) is 0.209. The van der Waals surface area contributed by atoms with E-state index < -0.39 is 5.91 Å². The Morgan fingerprint density at radius 2 is 1.59 bits per heavy atom. The summed E-state index contributed by atoms with van der Waals surface area (Å²) in [6.07, 6.45) is 1.40. The van der Waals surface area contributed by atoms with Crippen molar-refractivity contribution >= 4 is 40.9 Å². The molecule has 0 aliphatic rings. The smallest absolute Gasteiger partial charge is 0.266 e. The van der Waals surface area contributed by atoms with Crippen molar-refractivity contribution in [3.8, 4) is 17.6 Å². The van der Waals surface area contributed by atoms with Crippen molar-refractivity contribution in [2.75, 3.05) is 18.5 Å². The Morgan fingerprint density at radius 3 is 2.24 bits per heavy atom. The van der Waals surface area contributed by atoms with Gasteiger partial charge in [0.2, 0.25) is 0 Å². The number of hydrogen-bond donors (Lipinski definition) is 1. The number of ether oxygens (including phenoxy) is 2. The van der Waals surface area contributed by atoms with Crippen LogP contribution in [0.5, 0.6) is 11.5 Å². The molecular formula is C27H24Cl2N2O3. The Morgan fingerprint density at radius 1 is 0.941 bits per heavy atom. The maximum absolute atomic E-state index is 12.7. The molecule has 0 atom stereocenters. The lowest BCUT2D eigenvalue weighted by Gasteiger charge is -2.13. The second-order valence-corrected chi connectivity index (χ2v) is 8.66. The summed E-state index contributed by atoms with van der Waals surface area (Å²) in [6.45, 7) is 6.44. The van der Waals surface area contributed by atoms with Crippen molar-refractivity contribution in [1.29, 1.82) is 5.26 Å². The number of nitrogens with one attached hydrogen (secondary N) is 1. The highest BCUT2D eigenvalue weighted by Crippen LogP contribution is 2.34. The maximum atomic E-state index is 12.7. The number of aryl methyl sites for hydroxylation is 3. The van der Waals surface area contributed by atoms with E-state index in [2.05, 4.69) is 11.4 Å². The summed E-state index contributed by atoms with van der Waals surface area (Å²) in [5.74, 6) is 0.514. The second-order valence-electron chi connectivity index (χ2n) is 7.82. The van der Waals surface area contributed by atoms with Crippen LogP contribution >= 0.6 is 23.2 Å². The third kappa shape index (κ3) is 7.02. The number of carbonyl (C=O) groups is 1. The van der Waals surface area contributed by atoms with E-state index in [9.17, 15) is 10.1 Å². The molecule has 3 rings (SSSR count). The molecule has 0 radical (unpaired) electrons. The molecule has 0 aliphatic heterocycles. The summed E-state index contributed by atoms with van der Waals surface area (Å²) in [6, 6.07) is 18.3. The van der Waals surface area contributed by atoms with Crippen LogP contribution in [0.25, 0.3) is 6.08 Å². The Hall–Kier alpha value is -3.46. The largest absolute Gasteiger partial charge is 0.490 e. The zero-order chi connectivity index (χ0) is 24.7.